The summed E-state index contributed by atoms with van der Waals surface area (Å²) in [5.74, 6) is -1.38. The number of carboxylic acid groups (broad SMARTS) is 1. The Labute approximate surface area is 108 Å². The third-order valence-electron chi connectivity index (χ3n) is 0.663. The Kier molecular flexibility index (Phi) is 7.03. The Bertz CT molecular complexity index is 269. The van der Waals surface area contributed by atoms with Gasteiger partial charge in [0, 0.05) is 5.57 Å². The van der Waals surface area contributed by atoms with Crippen molar-refractivity contribution in [3.63, 3.8) is 0 Å². The molecule has 7 heteroatoms. The first-order valence-corrected chi connectivity index (χ1v) is 3.72. The molecule has 0 amide bonds. The first kappa shape index (κ1) is 14.3. The van der Waals surface area contributed by atoms with E-state index >= 15 is 0 Å². The van der Waals surface area contributed by atoms with Crippen LogP contribution in [-0.2, 0) is 14.9 Å². The van der Waals surface area contributed by atoms with Crippen LogP contribution in [0.15, 0.2) is 11.0 Å². The molecule has 0 aliphatic rings. The number of aliphatic carboxylic acids is 1. The summed E-state index contributed by atoms with van der Waals surface area (Å²) in [4.78, 5) is 9.93. The van der Waals surface area contributed by atoms with E-state index in [-0.39, 0.29) is 58.2 Å². The number of hydrogen-bond donors (Lipinski definition) is 2. The van der Waals surface area contributed by atoms with Crippen LogP contribution >= 0.6 is 0 Å². The van der Waals surface area contributed by atoms with Crippen molar-refractivity contribution in [2.24, 2.45) is 0 Å². The maximum atomic E-state index is 9.96. The maximum absolute atomic E-state index is 9.96. The number of rotatable bonds is 2. The third kappa shape index (κ3) is 8.66. The minimum atomic E-state index is -4.31. The Balaban J connectivity index is -0.000000405. The fourth-order valence-electron chi connectivity index (χ4n) is 0.274. The van der Waals surface area contributed by atoms with Crippen molar-refractivity contribution in [3.05, 3.63) is 11.0 Å². The van der Waals surface area contributed by atoms with Gasteiger partial charge in [0.1, 0.15) is 0 Å². The molecule has 0 fully saturated rings. The predicted molar refractivity (Wildman–Crippen MR) is 34.1 cm³/mol. The van der Waals surface area contributed by atoms with Gasteiger partial charge in [-0.3, -0.25) is 4.55 Å². The molecular formula is C4H7KO5S. The molecule has 0 aliphatic carbocycles. The average molecular weight is 206 g/mol. The molecule has 5 nitrogen and oxygen atoms in total. The van der Waals surface area contributed by atoms with Crippen molar-refractivity contribution in [1.82, 2.24) is 0 Å². The second-order valence-corrected chi connectivity index (χ2v) is 2.89. The van der Waals surface area contributed by atoms with Gasteiger partial charge >= 0.3 is 57.4 Å². The van der Waals surface area contributed by atoms with Crippen LogP contribution in [0.3, 0.4) is 0 Å². The van der Waals surface area contributed by atoms with E-state index in [0.717, 1.165) is 6.92 Å². The van der Waals surface area contributed by atoms with Gasteiger partial charge in [0.05, 0.1) is 5.41 Å². The van der Waals surface area contributed by atoms with Crippen LogP contribution in [0.1, 0.15) is 8.35 Å². The number of hydrogen-bond acceptors (Lipinski definition) is 3. The van der Waals surface area contributed by atoms with Gasteiger partial charge in [0.25, 0.3) is 10.1 Å². The molecule has 0 bridgehead atoms. The van der Waals surface area contributed by atoms with Gasteiger partial charge in [-0.2, -0.15) is 8.42 Å². The molecule has 0 aromatic rings. The second kappa shape index (κ2) is 5.41. The van der Waals surface area contributed by atoms with Crippen LogP contribution in [-0.4, -0.2) is 24.0 Å². The Morgan fingerprint density at radius 3 is 2.00 bits per heavy atom. The number of carbonyl (C=O) groups is 1. The first-order valence-electron chi connectivity index (χ1n) is 2.22. The summed E-state index contributed by atoms with van der Waals surface area (Å²) in [5, 5.41) is 8.37. The molecule has 0 rings (SSSR count). The molecule has 0 radical (unpaired) electrons. The van der Waals surface area contributed by atoms with Gasteiger partial charge in [-0.15, -0.1) is 0 Å². The molecule has 0 aromatic heterocycles. The molecule has 11 heavy (non-hydrogen) atoms. The minimum absolute atomic E-state index is 0. The average Bonchev–Trinajstić information content (AvgIpc) is 1.60. The van der Waals surface area contributed by atoms with Crippen molar-refractivity contribution >= 4 is 16.1 Å². The normalized spacial score (nSPS) is 12.0. The van der Waals surface area contributed by atoms with E-state index < -0.39 is 21.7 Å². The molecule has 0 heterocycles. The van der Waals surface area contributed by atoms with Gasteiger partial charge in [0.15, 0.2) is 0 Å². The number of carboxylic acids is 1. The zero-order chi connectivity index (χ0) is 8.36. The van der Waals surface area contributed by atoms with E-state index in [2.05, 4.69) is 0 Å². The first-order chi connectivity index (χ1) is 4.33. The molecule has 0 unspecified atom stereocenters. The van der Waals surface area contributed by atoms with E-state index in [1.54, 1.807) is 0 Å². The SMILES string of the molecule is CC(=CS(=O)(=O)O)C(=O)O.[H-].[K+]. The van der Waals surface area contributed by atoms with E-state index in [9.17, 15) is 13.2 Å². The summed E-state index contributed by atoms with van der Waals surface area (Å²) in [5.41, 5.74) is -0.428. The van der Waals surface area contributed by atoms with Crippen LogP contribution < -0.4 is 51.4 Å². The summed E-state index contributed by atoms with van der Waals surface area (Å²) in [7, 11) is -4.31. The van der Waals surface area contributed by atoms with E-state index in [4.69, 9.17) is 9.66 Å². The Hall–Kier alpha value is 0.756. The molecule has 0 aromatic carbocycles. The monoisotopic (exact) mass is 206 g/mol. The van der Waals surface area contributed by atoms with Crippen LogP contribution in [0.25, 0.3) is 0 Å². The van der Waals surface area contributed by atoms with Gasteiger partial charge < -0.3 is 6.53 Å². The van der Waals surface area contributed by atoms with E-state index in [1.807, 2.05) is 0 Å². The van der Waals surface area contributed by atoms with Crippen molar-refractivity contribution in [2.45, 2.75) is 6.92 Å². The second-order valence-electron chi connectivity index (χ2n) is 1.62. The minimum Gasteiger partial charge on any atom is -1.00 e. The van der Waals surface area contributed by atoms with E-state index in [1.165, 1.54) is 0 Å². The summed E-state index contributed by atoms with van der Waals surface area (Å²) in [6.07, 6.45) is 0. The maximum Gasteiger partial charge on any atom is 1.00 e. The fraction of sp³-hybridized carbons (Fsp3) is 0.250. The van der Waals surface area contributed by atoms with E-state index in [0.29, 0.717) is 0 Å². The summed E-state index contributed by atoms with van der Waals surface area (Å²) >= 11 is 0. The summed E-state index contributed by atoms with van der Waals surface area (Å²) in [6, 6.07) is 0. The topological polar surface area (TPSA) is 91.7 Å². The summed E-state index contributed by atoms with van der Waals surface area (Å²) < 4.78 is 28.0. The Morgan fingerprint density at radius 1 is 1.55 bits per heavy atom. The zero-order valence-electron chi connectivity index (χ0n) is 7.10. The largest absolute Gasteiger partial charge is 1.00 e. The van der Waals surface area contributed by atoms with Crippen molar-refractivity contribution < 1.29 is 75.7 Å². The van der Waals surface area contributed by atoms with Crippen LogP contribution in [0.5, 0.6) is 0 Å². The standard InChI is InChI=1S/C4H6O5S.K.H/c1-3(4(5)6)2-10(7,8)9;;/h2H,1H3,(H,5,6)(H,7,8,9);;/q;+1;-1. The van der Waals surface area contributed by atoms with Gasteiger partial charge in [0.2, 0.25) is 0 Å². The quantitative estimate of drug-likeness (QED) is 0.285. The van der Waals surface area contributed by atoms with Crippen LogP contribution in [0.2, 0.25) is 0 Å². The molecule has 0 atom stereocenters. The molecule has 0 saturated carbocycles. The van der Waals surface area contributed by atoms with Crippen LogP contribution in [0, 0.1) is 0 Å². The molecule has 60 valence electrons. The predicted octanol–water partition coefficient (Wildman–Crippen LogP) is -3.02. The third-order valence-corrected chi connectivity index (χ3v) is 1.31. The van der Waals surface area contributed by atoms with Crippen molar-refractivity contribution in [1.29, 1.82) is 0 Å². The molecule has 0 spiro atoms. The molecule has 0 saturated heterocycles. The summed E-state index contributed by atoms with van der Waals surface area (Å²) in [6.45, 7) is 1.07. The van der Waals surface area contributed by atoms with Gasteiger partial charge in [-0.25, -0.2) is 4.79 Å². The van der Waals surface area contributed by atoms with Crippen LogP contribution in [0.4, 0.5) is 0 Å². The fourth-order valence-corrected chi connectivity index (χ4v) is 0.821. The molecule has 2 N–H and O–H groups in total. The van der Waals surface area contributed by atoms with Crippen molar-refractivity contribution in [2.75, 3.05) is 0 Å². The molecule has 0 aliphatic heterocycles. The zero-order valence-corrected chi connectivity index (χ0v) is 10.0. The van der Waals surface area contributed by atoms with Crippen molar-refractivity contribution in [3.8, 4) is 0 Å². The Morgan fingerprint density at radius 2 is 1.91 bits per heavy atom. The molecular weight excluding hydrogens is 199 g/mol. The van der Waals surface area contributed by atoms with Gasteiger partial charge in [-0.05, 0) is 6.92 Å². The van der Waals surface area contributed by atoms with Gasteiger partial charge in [-0.1, -0.05) is 0 Å². The smallest absolute Gasteiger partial charge is 1.00 e.